The number of benzene rings is 4. The van der Waals surface area contributed by atoms with Gasteiger partial charge in [-0.15, -0.1) is 0 Å². The number of hydrogen-bond acceptors (Lipinski definition) is 17. The van der Waals surface area contributed by atoms with Gasteiger partial charge in [-0.05, 0) is 53.1 Å². The first kappa shape index (κ1) is 49.9. The Balaban J connectivity index is 0.935. The maximum absolute atomic E-state index is 14.2. The monoisotopic (exact) mass is 1030 g/mol. The zero-order valence-electron chi connectivity index (χ0n) is 40.6. The van der Waals surface area contributed by atoms with E-state index in [1.807, 2.05) is 109 Å². The number of para-hydroxylation sites is 1. The molecule has 0 radical (unpaired) electrons. The highest BCUT2D eigenvalue weighted by molar-refractivity contribution is 7.84. The van der Waals surface area contributed by atoms with E-state index in [1.165, 1.54) is 17.2 Å². The second-order valence-corrected chi connectivity index (χ2v) is 19.4. The molecule has 2 aliphatic rings. The van der Waals surface area contributed by atoms with Gasteiger partial charge in [0.1, 0.15) is 48.0 Å². The number of amides is 1. The zero-order chi connectivity index (χ0) is 51.6. The molecule has 2 aliphatic heterocycles. The van der Waals surface area contributed by atoms with E-state index >= 15 is 0 Å². The molecular formula is C51H53N11O11S. The molecule has 23 heteroatoms. The fourth-order valence-corrected chi connectivity index (χ4v) is 10.1. The summed E-state index contributed by atoms with van der Waals surface area (Å²) >= 11 is 0. The van der Waals surface area contributed by atoms with E-state index in [9.17, 15) is 23.1 Å². The number of carbonyl (C=O) groups excluding carboxylic acids is 1. The van der Waals surface area contributed by atoms with Gasteiger partial charge >= 0.3 is 10.3 Å². The Morgan fingerprint density at radius 1 is 0.811 bits per heavy atom. The lowest BCUT2D eigenvalue weighted by Crippen LogP contribution is -2.41. The van der Waals surface area contributed by atoms with Crippen molar-refractivity contribution < 1.29 is 46.2 Å². The molecule has 2 fully saturated rings. The number of anilines is 3. The van der Waals surface area contributed by atoms with Gasteiger partial charge in [0.25, 0.3) is 5.56 Å². The number of aromatic amines is 1. The number of fused-ring (bicyclic) bond motifs is 2. The molecule has 8 aromatic rings. The number of aliphatic hydroxyl groups is 1. The molecule has 6 heterocycles. The van der Waals surface area contributed by atoms with E-state index in [0.717, 1.165) is 22.4 Å². The van der Waals surface area contributed by atoms with Crippen molar-refractivity contribution in [3.63, 3.8) is 0 Å². The summed E-state index contributed by atoms with van der Waals surface area (Å²) in [6.07, 6.45) is -1.89. The Morgan fingerprint density at radius 2 is 1.45 bits per heavy atom. The van der Waals surface area contributed by atoms with Gasteiger partial charge in [0.05, 0.1) is 39.6 Å². The zero-order valence-corrected chi connectivity index (χ0v) is 41.4. The Labute approximate surface area is 424 Å². The molecule has 0 unspecified atom stereocenters. The van der Waals surface area contributed by atoms with Crippen LogP contribution in [0.3, 0.4) is 0 Å². The summed E-state index contributed by atoms with van der Waals surface area (Å²) in [5.74, 6) is 0.852. The number of aliphatic hydroxyl groups excluding tert-OH is 1. The Kier molecular flexibility index (Phi) is 14.2. The molecule has 2 saturated heterocycles. The maximum atomic E-state index is 14.2. The summed E-state index contributed by atoms with van der Waals surface area (Å²) in [6, 6.07) is 34.2. The van der Waals surface area contributed by atoms with Crippen LogP contribution in [0.5, 0.6) is 11.5 Å². The van der Waals surface area contributed by atoms with E-state index < -0.39 is 64.3 Å². The topological polar surface area (TPSA) is 270 Å². The van der Waals surface area contributed by atoms with Crippen LogP contribution in [-0.2, 0) is 39.1 Å². The van der Waals surface area contributed by atoms with Crippen molar-refractivity contribution in [3.8, 4) is 11.5 Å². The number of imidazole rings is 2. The summed E-state index contributed by atoms with van der Waals surface area (Å²) in [5.41, 5.74) is 2.01. The lowest BCUT2D eigenvalue weighted by atomic mass is 9.80. The molecule has 10 rings (SSSR count). The van der Waals surface area contributed by atoms with Crippen molar-refractivity contribution >= 4 is 56.0 Å². The van der Waals surface area contributed by atoms with Crippen molar-refractivity contribution in [2.45, 2.75) is 69.2 Å². The highest BCUT2D eigenvalue weighted by Crippen LogP contribution is 2.44. The van der Waals surface area contributed by atoms with Crippen LogP contribution in [0.2, 0.25) is 0 Å². The number of carbonyl (C=O) groups is 1. The number of aromatic nitrogens is 8. The molecule has 0 aliphatic carbocycles. The standard InChI is InChI=1S/C51H53N11O11S/c1-30(2)47(64)59-50-58-46-43(48(65)60-50)55-29-62(46)49-38(63)23-37(71-49)25-56-74(66,67)73-39-24-41(61-28-54-42-44(52-27-53-45(42)61)57-34-13-9-6-10-14-34)72-40(39)26-70-51(31-11-7-5-8-12-31,32-15-19-35(68-3)20-16-32)33-17-21-36(69-4)22-18-33/h5-22,27-30,37-41,49,56,63H,23-26H2,1-4H3,(H,52,53,57)(H2,58,59,60,64,65)/t37-,38+,39-,40+,41+,49+/m0/s1. The number of nitrogens with one attached hydrogen (secondary N) is 4. The first-order chi connectivity index (χ1) is 35.8. The van der Waals surface area contributed by atoms with E-state index in [4.69, 9.17) is 27.9 Å². The maximum Gasteiger partial charge on any atom is 0.336 e. The fraction of sp³-hybridized carbons (Fsp3) is 0.314. The van der Waals surface area contributed by atoms with Crippen LogP contribution < -0.4 is 30.4 Å². The highest BCUT2D eigenvalue weighted by atomic mass is 32.2. The molecule has 4 aromatic heterocycles. The number of rotatable bonds is 19. The van der Waals surface area contributed by atoms with Gasteiger partial charge in [0.2, 0.25) is 11.9 Å². The van der Waals surface area contributed by atoms with Gasteiger partial charge in [0, 0.05) is 31.0 Å². The van der Waals surface area contributed by atoms with Crippen LogP contribution in [0.1, 0.15) is 55.8 Å². The first-order valence-electron chi connectivity index (χ1n) is 23.7. The summed E-state index contributed by atoms with van der Waals surface area (Å²) in [5, 5.41) is 17.1. The van der Waals surface area contributed by atoms with Crippen LogP contribution in [0.15, 0.2) is 133 Å². The average molecular weight is 1030 g/mol. The smallest absolute Gasteiger partial charge is 0.336 e. The first-order valence-corrected chi connectivity index (χ1v) is 25.2. The highest BCUT2D eigenvalue weighted by Gasteiger charge is 2.45. The van der Waals surface area contributed by atoms with Gasteiger partial charge in [-0.25, -0.2) is 19.9 Å². The predicted octanol–water partition coefficient (Wildman–Crippen LogP) is 5.48. The van der Waals surface area contributed by atoms with Gasteiger partial charge in [0.15, 0.2) is 34.4 Å². The minimum Gasteiger partial charge on any atom is -0.497 e. The molecule has 5 N–H and O–H groups in total. The van der Waals surface area contributed by atoms with Crippen molar-refractivity contribution in [2.75, 3.05) is 38.0 Å². The lowest BCUT2D eigenvalue weighted by Gasteiger charge is -2.37. The molecule has 0 spiro atoms. The van der Waals surface area contributed by atoms with Crippen LogP contribution in [-0.4, -0.2) is 110 Å². The van der Waals surface area contributed by atoms with Gasteiger partial charge in [-0.3, -0.25) is 33.2 Å². The molecule has 0 saturated carbocycles. The van der Waals surface area contributed by atoms with Crippen LogP contribution >= 0.6 is 0 Å². The van der Waals surface area contributed by atoms with E-state index in [0.29, 0.717) is 28.5 Å². The third kappa shape index (κ3) is 10.2. The van der Waals surface area contributed by atoms with E-state index in [1.54, 1.807) is 39.0 Å². The number of methoxy groups -OCH3 is 2. The SMILES string of the molecule is COc1ccc(C(OC[C@H]2O[C@@H](n3cnc4c(Nc5ccccc5)ncnc43)C[C@@H]2OS(=O)(=O)NC[C@@H]2C[C@@H](O)[C@H](n3cnc4c(=O)[nH]c(NC(=O)C(C)C)nc43)O2)(c2ccccc2)c2ccc(OC)cc2)cc1. The second-order valence-electron chi connectivity index (χ2n) is 18.0. The Morgan fingerprint density at radius 3 is 2.11 bits per heavy atom. The predicted molar refractivity (Wildman–Crippen MR) is 270 cm³/mol. The summed E-state index contributed by atoms with van der Waals surface area (Å²) in [7, 11) is -1.42. The van der Waals surface area contributed by atoms with E-state index in [2.05, 4.69) is 45.3 Å². The quantitative estimate of drug-likeness (QED) is 0.0628. The minimum absolute atomic E-state index is 0.00690. The third-order valence-electron chi connectivity index (χ3n) is 12.9. The summed E-state index contributed by atoms with van der Waals surface area (Å²) in [6.45, 7) is 2.88. The summed E-state index contributed by atoms with van der Waals surface area (Å²) in [4.78, 5) is 50.0. The van der Waals surface area contributed by atoms with Crippen LogP contribution in [0.4, 0.5) is 17.5 Å². The largest absolute Gasteiger partial charge is 0.497 e. The molecule has 0 bridgehead atoms. The van der Waals surface area contributed by atoms with Crippen LogP contribution in [0, 0.1) is 5.92 Å². The van der Waals surface area contributed by atoms with Gasteiger partial charge in [-0.2, -0.15) is 18.1 Å². The van der Waals surface area contributed by atoms with Crippen molar-refractivity contribution in [1.29, 1.82) is 0 Å². The number of hydrogen-bond donors (Lipinski definition) is 5. The lowest BCUT2D eigenvalue weighted by molar-refractivity contribution is -0.118. The number of ether oxygens (including phenoxy) is 5. The fourth-order valence-electron chi connectivity index (χ4n) is 9.15. The summed E-state index contributed by atoms with van der Waals surface area (Å²) < 4.78 is 71.2. The number of H-pyrrole nitrogens is 1. The average Bonchev–Trinajstić information content (AvgIpc) is 4.23. The molecular weight excluding hydrogens is 975 g/mol. The van der Waals surface area contributed by atoms with Crippen molar-refractivity contribution in [1.82, 2.24) is 43.8 Å². The molecule has 4 aromatic carbocycles. The number of nitrogens with zero attached hydrogens (tertiary/aromatic N) is 7. The van der Waals surface area contributed by atoms with Crippen molar-refractivity contribution in [3.05, 3.63) is 155 Å². The molecule has 22 nitrogen and oxygen atoms in total. The minimum atomic E-state index is -4.59. The van der Waals surface area contributed by atoms with Gasteiger partial charge < -0.3 is 34.1 Å². The van der Waals surface area contributed by atoms with Crippen molar-refractivity contribution in [2.24, 2.45) is 5.92 Å². The molecule has 6 atom stereocenters. The Bertz CT molecular complexity index is 3370. The van der Waals surface area contributed by atoms with Gasteiger partial charge in [-0.1, -0.05) is 86.6 Å². The molecule has 1 amide bonds. The second kappa shape index (κ2) is 21.1. The van der Waals surface area contributed by atoms with E-state index in [-0.39, 0.29) is 49.0 Å². The normalized spacial score (nSPS) is 20.1. The Hall–Kier alpha value is -7.64. The third-order valence-corrected chi connectivity index (χ3v) is 13.9. The van der Waals surface area contributed by atoms with Crippen LogP contribution in [0.25, 0.3) is 22.3 Å². The molecule has 74 heavy (non-hydrogen) atoms. The molecule has 384 valence electrons.